The van der Waals surface area contributed by atoms with Crippen LogP contribution in [0.3, 0.4) is 0 Å². The van der Waals surface area contributed by atoms with Gasteiger partial charge in [0, 0.05) is 24.2 Å². The molecule has 0 unspecified atom stereocenters. The highest BCUT2D eigenvalue weighted by Gasteiger charge is 2.24. The molecule has 2 aliphatic carbocycles. The molecule has 0 aliphatic heterocycles. The second-order valence-corrected chi connectivity index (χ2v) is 6.80. The van der Waals surface area contributed by atoms with E-state index < -0.39 is 0 Å². The first kappa shape index (κ1) is 14.6. The Hall–Kier alpha value is -1.35. The van der Waals surface area contributed by atoms with Gasteiger partial charge < -0.3 is 10.6 Å². The Balaban J connectivity index is 1.48. The van der Waals surface area contributed by atoms with Gasteiger partial charge in [0.1, 0.15) is 0 Å². The van der Waals surface area contributed by atoms with Gasteiger partial charge >= 0.3 is 0 Å². The fraction of sp³-hybridized carbons (Fsp3) is 0.611. The van der Waals surface area contributed by atoms with Crippen LogP contribution in [0.5, 0.6) is 0 Å². The number of carbonyl (C=O) groups is 1. The Kier molecular flexibility index (Phi) is 4.59. The Bertz CT molecular complexity index is 470. The highest BCUT2D eigenvalue weighted by molar-refractivity contribution is 5.92. The predicted octanol–water partition coefficient (Wildman–Crippen LogP) is 3.70. The summed E-state index contributed by atoms with van der Waals surface area (Å²) in [6.07, 6.45) is 7.07. The third-order valence-electron chi connectivity index (χ3n) is 4.78. The van der Waals surface area contributed by atoms with Crippen molar-refractivity contribution in [2.75, 3.05) is 5.32 Å². The molecule has 3 rings (SSSR count). The van der Waals surface area contributed by atoms with Crippen LogP contribution in [-0.2, 0) is 11.3 Å². The third-order valence-corrected chi connectivity index (χ3v) is 4.78. The molecule has 2 aliphatic rings. The van der Waals surface area contributed by atoms with Crippen LogP contribution in [0.15, 0.2) is 24.3 Å². The van der Waals surface area contributed by atoms with Crippen LogP contribution in [0.1, 0.15) is 51.0 Å². The molecule has 21 heavy (non-hydrogen) atoms. The summed E-state index contributed by atoms with van der Waals surface area (Å²) in [4.78, 5) is 12.3. The van der Waals surface area contributed by atoms with Crippen molar-refractivity contribution < 1.29 is 4.79 Å². The molecular weight excluding hydrogens is 260 g/mol. The van der Waals surface area contributed by atoms with Gasteiger partial charge in [0.05, 0.1) is 0 Å². The topological polar surface area (TPSA) is 41.1 Å². The highest BCUT2D eigenvalue weighted by Crippen LogP contribution is 2.29. The van der Waals surface area contributed by atoms with Crippen LogP contribution in [-0.4, -0.2) is 11.9 Å². The molecule has 2 saturated carbocycles. The summed E-state index contributed by atoms with van der Waals surface area (Å²) in [7, 11) is 0. The SMILES string of the molecule is CC1CCC(C(=O)Nc2ccc(CNC3CC3)cc2)CC1. The second kappa shape index (κ2) is 6.61. The number of anilines is 1. The molecule has 3 heteroatoms. The number of benzene rings is 1. The maximum Gasteiger partial charge on any atom is 0.227 e. The molecule has 0 atom stereocenters. The van der Waals surface area contributed by atoms with Crippen molar-refractivity contribution >= 4 is 11.6 Å². The normalized spacial score (nSPS) is 25.6. The average Bonchev–Trinajstić information content (AvgIpc) is 3.31. The van der Waals surface area contributed by atoms with Gasteiger partial charge in [-0.3, -0.25) is 4.79 Å². The molecule has 1 aromatic rings. The molecule has 0 heterocycles. The largest absolute Gasteiger partial charge is 0.326 e. The van der Waals surface area contributed by atoms with Crippen molar-refractivity contribution in [3.63, 3.8) is 0 Å². The highest BCUT2D eigenvalue weighted by atomic mass is 16.1. The molecule has 1 aromatic carbocycles. The lowest BCUT2D eigenvalue weighted by Crippen LogP contribution is -2.26. The van der Waals surface area contributed by atoms with Crippen LogP contribution in [0.4, 0.5) is 5.69 Å². The Morgan fingerprint density at radius 2 is 1.71 bits per heavy atom. The Labute approximate surface area is 127 Å². The zero-order valence-corrected chi connectivity index (χ0v) is 12.9. The van der Waals surface area contributed by atoms with E-state index in [0.29, 0.717) is 0 Å². The number of hydrogen-bond donors (Lipinski definition) is 2. The van der Waals surface area contributed by atoms with Gasteiger partial charge in [0.25, 0.3) is 0 Å². The molecule has 0 saturated heterocycles. The summed E-state index contributed by atoms with van der Waals surface area (Å²) in [5.41, 5.74) is 2.21. The second-order valence-electron chi connectivity index (χ2n) is 6.80. The molecule has 2 fully saturated rings. The van der Waals surface area contributed by atoms with E-state index in [9.17, 15) is 4.79 Å². The quantitative estimate of drug-likeness (QED) is 0.866. The zero-order chi connectivity index (χ0) is 14.7. The van der Waals surface area contributed by atoms with Crippen molar-refractivity contribution in [3.05, 3.63) is 29.8 Å². The smallest absolute Gasteiger partial charge is 0.227 e. The van der Waals surface area contributed by atoms with E-state index in [1.807, 2.05) is 12.1 Å². The van der Waals surface area contributed by atoms with Gasteiger partial charge in [-0.25, -0.2) is 0 Å². The molecule has 0 bridgehead atoms. The number of nitrogens with one attached hydrogen (secondary N) is 2. The van der Waals surface area contributed by atoms with Crippen molar-refractivity contribution in [2.24, 2.45) is 11.8 Å². The molecule has 3 nitrogen and oxygen atoms in total. The molecule has 0 spiro atoms. The van der Waals surface area contributed by atoms with E-state index in [-0.39, 0.29) is 11.8 Å². The van der Waals surface area contributed by atoms with Crippen molar-refractivity contribution in [1.82, 2.24) is 5.32 Å². The summed E-state index contributed by atoms with van der Waals surface area (Å²) in [5.74, 6) is 1.19. The lowest BCUT2D eigenvalue weighted by Gasteiger charge is -2.25. The fourth-order valence-corrected chi connectivity index (χ4v) is 3.02. The minimum absolute atomic E-state index is 0.200. The summed E-state index contributed by atoms with van der Waals surface area (Å²) < 4.78 is 0. The van der Waals surface area contributed by atoms with Crippen molar-refractivity contribution in [2.45, 2.75) is 58.0 Å². The van der Waals surface area contributed by atoms with E-state index in [1.165, 1.54) is 31.2 Å². The van der Waals surface area contributed by atoms with E-state index in [2.05, 4.69) is 29.7 Å². The summed E-state index contributed by atoms with van der Waals surface area (Å²) >= 11 is 0. The van der Waals surface area contributed by atoms with Gasteiger partial charge in [0.2, 0.25) is 5.91 Å². The first-order valence-corrected chi connectivity index (χ1v) is 8.34. The third kappa shape index (κ3) is 4.31. The number of hydrogen-bond acceptors (Lipinski definition) is 2. The van der Waals surface area contributed by atoms with E-state index >= 15 is 0 Å². The number of rotatable bonds is 5. The molecule has 0 radical (unpaired) electrons. The molecular formula is C18H26N2O. The summed E-state index contributed by atoms with van der Waals surface area (Å²) in [5, 5.41) is 6.57. The van der Waals surface area contributed by atoms with E-state index in [4.69, 9.17) is 0 Å². The molecule has 2 N–H and O–H groups in total. The van der Waals surface area contributed by atoms with Gasteiger partial charge in [-0.05, 0) is 62.1 Å². The minimum Gasteiger partial charge on any atom is -0.326 e. The van der Waals surface area contributed by atoms with Crippen LogP contribution < -0.4 is 10.6 Å². The predicted molar refractivity (Wildman–Crippen MR) is 86.1 cm³/mol. The molecule has 0 aromatic heterocycles. The summed E-state index contributed by atoms with van der Waals surface area (Å²) in [6, 6.07) is 8.99. The number of amides is 1. The monoisotopic (exact) mass is 286 g/mol. The van der Waals surface area contributed by atoms with Crippen LogP contribution in [0.25, 0.3) is 0 Å². The fourth-order valence-electron chi connectivity index (χ4n) is 3.02. The van der Waals surface area contributed by atoms with Crippen molar-refractivity contribution in [1.29, 1.82) is 0 Å². The van der Waals surface area contributed by atoms with Crippen LogP contribution in [0.2, 0.25) is 0 Å². The van der Waals surface area contributed by atoms with E-state index in [1.54, 1.807) is 0 Å². The maximum atomic E-state index is 12.3. The van der Waals surface area contributed by atoms with E-state index in [0.717, 1.165) is 37.0 Å². The van der Waals surface area contributed by atoms with Gasteiger partial charge in [-0.1, -0.05) is 19.1 Å². The van der Waals surface area contributed by atoms with Gasteiger partial charge in [-0.15, -0.1) is 0 Å². The van der Waals surface area contributed by atoms with Crippen LogP contribution >= 0.6 is 0 Å². The average molecular weight is 286 g/mol. The van der Waals surface area contributed by atoms with Crippen molar-refractivity contribution in [3.8, 4) is 0 Å². The first-order valence-electron chi connectivity index (χ1n) is 8.34. The zero-order valence-electron chi connectivity index (χ0n) is 12.9. The lowest BCUT2D eigenvalue weighted by molar-refractivity contribution is -0.121. The Morgan fingerprint density at radius 1 is 1.05 bits per heavy atom. The standard InChI is InChI=1S/C18H26N2O/c1-13-2-6-15(7-3-13)18(21)20-17-8-4-14(5-9-17)12-19-16-10-11-16/h4-5,8-9,13,15-16,19H,2-3,6-7,10-12H2,1H3,(H,20,21). The molecule has 1 amide bonds. The maximum absolute atomic E-state index is 12.3. The number of carbonyl (C=O) groups excluding carboxylic acids is 1. The first-order chi connectivity index (χ1) is 10.2. The lowest BCUT2D eigenvalue weighted by atomic mass is 9.82. The molecule has 114 valence electrons. The van der Waals surface area contributed by atoms with Crippen LogP contribution in [0, 0.1) is 11.8 Å². The van der Waals surface area contributed by atoms with Gasteiger partial charge in [0.15, 0.2) is 0 Å². The Morgan fingerprint density at radius 3 is 2.33 bits per heavy atom. The summed E-state index contributed by atoms with van der Waals surface area (Å²) in [6.45, 7) is 3.21. The minimum atomic E-state index is 0.200. The van der Waals surface area contributed by atoms with Gasteiger partial charge in [-0.2, -0.15) is 0 Å².